The second-order valence-electron chi connectivity index (χ2n) is 5.16. The third kappa shape index (κ3) is 1.82. The first-order chi connectivity index (χ1) is 8.28. The Morgan fingerprint density at radius 2 is 2.24 bits per heavy atom. The molecule has 90 valence electrons. The molecule has 2 aliphatic rings. The van der Waals surface area contributed by atoms with E-state index >= 15 is 0 Å². The molecule has 0 spiro atoms. The predicted molar refractivity (Wildman–Crippen MR) is 72.3 cm³/mol. The van der Waals surface area contributed by atoms with Crippen molar-refractivity contribution in [3.8, 4) is 0 Å². The van der Waals surface area contributed by atoms with Crippen molar-refractivity contribution in [3.63, 3.8) is 0 Å². The average molecular weight is 228 g/mol. The van der Waals surface area contributed by atoms with Crippen LogP contribution < -0.4 is 10.6 Å². The molecule has 0 fully saturated rings. The van der Waals surface area contributed by atoms with Crippen molar-refractivity contribution in [3.05, 3.63) is 40.6 Å². The van der Waals surface area contributed by atoms with Crippen molar-refractivity contribution in [2.45, 2.75) is 39.2 Å². The van der Waals surface area contributed by atoms with E-state index in [-0.39, 0.29) is 0 Å². The highest BCUT2D eigenvalue weighted by molar-refractivity contribution is 5.60. The Morgan fingerprint density at radius 3 is 2.94 bits per heavy atom. The van der Waals surface area contributed by atoms with E-state index < -0.39 is 0 Å². The lowest BCUT2D eigenvalue weighted by Gasteiger charge is -2.26. The Kier molecular flexibility index (Phi) is 2.58. The number of benzene rings is 1. The molecule has 2 N–H and O–H groups in total. The van der Waals surface area contributed by atoms with Gasteiger partial charge in [0.05, 0.1) is 0 Å². The second kappa shape index (κ2) is 4.10. The molecule has 0 aliphatic carbocycles. The van der Waals surface area contributed by atoms with Gasteiger partial charge in [0, 0.05) is 30.4 Å². The molecule has 1 atom stereocenters. The Morgan fingerprint density at radius 1 is 1.35 bits per heavy atom. The molecule has 17 heavy (non-hydrogen) atoms. The van der Waals surface area contributed by atoms with Gasteiger partial charge in [0.2, 0.25) is 0 Å². The molecule has 0 radical (unpaired) electrons. The zero-order chi connectivity index (χ0) is 11.8. The summed E-state index contributed by atoms with van der Waals surface area (Å²) < 4.78 is 0. The van der Waals surface area contributed by atoms with Gasteiger partial charge in [-0.05, 0) is 42.5 Å². The van der Waals surface area contributed by atoms with Crippen molar-refractivity contribution in [1.29, 1.82) is 0 Å². The molecule has 0 saturated carbocycles. The third-order valence-electron chi connectivity index (χ3n) is 3.92. The van der Waals surface area contributed by atoms with Crippen LogP contribution in [0.15, 0.2) is 29.5 Å². The highest BCUT2D eigenvalue weighted by Crippen LogP contribution is 2.31. The summed E-state index contributed by atoms with van der Waals surface area (Å²) in [5, 5.41) is 6.99. The molecule has 2 heteroatoms. The van der Waals surface area contributed by atoms with E-state index in [0.29, 0.717) is 6.04 Å². The highest BCUT2D eigenvalue weighted by atomic mass is 15.0. The van der Waals surface area contributed by atoms with Gasteiger partial charge in [-0.1, -0.05) is 19.1 Å². The summed E-state index contributed by atoms with van der Waals surface area (Å²) in [5.41, 5.74) is 7.42. The van der Waals surface area contributed by atoms with E-state index in [4.69, 9.17) is 0 Å². The van der Waals surface area contributed by atoms with E-state index in [1.54, 1.807) is 5.57 Å². The van der Waals surface area contributed by atoms with E-state index in [0.717, 1.165) is 13.0 Å². The fraction of sp³-hybridized carbons (Fsp3) is 0.467. The Hall–Kier alpha value is -1.44. The Labute approximate surface area is 103 Å². The van der Waals surface area contributed by atoms with Crippen LogP contribution in [-0.4, -0.2) is 12.6 Å². The molecule has 0 bridgehead atoms. The van der Waals surface area contributed by atoms with Crippen LogP contribution in [0.3, 0.4) is 0 Å². The minimum atomic E-state index is 0.583. The molecule has 2 nitrogen and oxygen atoms in total. The molecule has 1 aromatic carbocycles. The van der Waals surface area contributed by atoms with Crippen LogP contribution in [0.4, 0.5) is 5.69 Å². The summed E-state index contributed by atoms with van der Waals surface area (Å²) in [4.78, 5) is 0. The standard InChI is InChI=1S/C15H20N2/c1-3-11-9-16-15(11)8-12-5-4-6-14-13(12)7-10(2)17-14/h4-6,10,16-17H,3,7-9H2,1-2H3/t10-/m0/s1. The van der Waals surface area contributed by atoms with Gasteiger partial charge in [0.25, 0.3) is 0 Å². The lowest BCUT2D eigenvalue weighted by molar-refractivity contribution is 0.688. The van der Waals surface area contributed by atoms with Gasteiger partial charge in [-0.15, -0.1) is 0 Å². The molecule has 0 aromatic heterocycles. The molecular formula is C15H20N2. The molecule has 2 aliphatic heterocycles. The van der Waals surface area contributed by atoms with Crippen molar-refractivity contribution in [2.75, 3.05) is 11.9 Å². The quantitative estimate of drug-likeness (QED) is 0.831. The van der Waals surface area contributed by atoms with Crippen LogP contribution in [0.25, 0.3) is 0 Å². The maximum atomic E-state index is 3.54. The van der Waals surface area contributed by atoms with Crippen molar-refractivity contribution < 1.29 is 0 Å². The lowest BCUT2D eigenvalue weighted by atomic mass is 9.94. The van der Waals surface area contributed by atoms with Crippen molar-refractivity contribution in [2.24, 2.45) is 0 Å². The first kappa shape index (κ1) is 10.7. The molecule has 3 rings (SSSR count). The maximum Gasteiger partial charge on any atom is 0.0378 e. The van der Waals surface area contributed by atoms with Crippen LogP contribution in [0, 0.1) is 0 Å². The van der Waals surface area contributed by atoms with Gasteiger partial charge in [-0.25, -0.2) is 0 Å². The number of rotatable bonds is 3. The minimum Gasteiger partial charge on any atom is -0.384 e. The SMILES string of the molecule is CCC1=C(Cc2cccc3c2C[C@H](C)N3)NC1. The summed E-state index contributed by atoms with van der Waals surface area (Å²) in [6.07, 6.45) is 3.44. The fourth-order valence-corrected chi connectivity index (χ4v) is 2.85. The molecule has 0 saturated heterocycles. The van der Waals surface area contributed by atoms with Crippen molar-refractivity contribution in [1.82, 2.24) is 5.32 Å². The van der Waals surface area contributed by atoms with Gasteiger partial charge >= 0.3 is 0 Å². The molecule has 2 heterocycles. The summed E-state index contributed by atoms with van der Waals surface area (Å²) in [6, 6.07) is 7.23. The first-order valence-electron chi connectivity index (χ1n) is 6.60. The van der Waals surface area contributed by atoms with E-state index in [9.17, 15) is 0 Å². The topological polar surface area (TPSA) is 24.1 Å². The Bertz CT molecular complexity index is 474. The summed E-state index contributed by atoms with van der Waals surface area (Å²) in [5.74, 6) is 0. The van der Waals surface area contributed by atoms with Gasteiger partial charge in [0.15, 0.2) is 0 Å². The average Bonchev–Trinajstić information content (AvgIpc) is 2.66. The maximum absolute atomic E-state index is 3.54. The highest BCUT2D eigenvalue weighted by Gasteiger charge is 2.21. The number of anilines is 1. The predicted octanol–water partition coefficient (Wildman–Crippen LogP) is 2.85. The van der Waals surface area contributed by atoms with E-state index in [1.165, 1.54) is 35.4 Å². The summed E-state index contributed by atoms with van der Waals surface area (Å²) in [6.45, 7) is 5.59. The van der Waals surface area contributed by atoms with Crippen LogP contribution in [0.1, 0.15) is 31.4 Å². The normalized spacial score (nSPS) is 21.6. The fourth-order valence-electron chi connectivity index (χ4n) is 2.85. The number of nitrogens with one attached hydrogen (secondary N) is 2. The van der Waals surface area contributed by atoms with Gasteiger partial charge in [-0.2, -0.15) is 0 Å². The van der Waals surface area contributed by atoms with E-state index in [1.807, 2.05) is 0 Å². The monoisotopic (exact) mass is 228 g/mol. The smallest absolute Gasteiger partial charge is 0.0378 e. The number of hydrogen-bond donors (Lipinski definition) is 2. The minimum absolute atomic E-state index is 0.583. The van der Waals surface area contributed by atoms with Gasteiger partial charge in [-0.3, -0.25) is 0 Å². The van der Waals surface area contributed by atoms with Crippen LogP contribution in [0.2, 0.25) is 0 Å². The first-order valence-corrected chi connectivity index (χ1v) is 6.60. The van der Waals surface area contributed by atoms with Crippen LogP contribution >= 0.6 is 0 Å². The van der Waals surface area contributed by atoms with Gasteiger partial charge < -0.3 is 10.6 Å². The Balaban J connectivity index is 1.88. The summed E-state index contributed by atoms with van der Waals surface area (Å²) in [7, 11) is 0. The van der Waals surface area contributed by atoms with Gasteiger partial charge in [0.1, 0.15) is 0 Å². The molecule has 1 aromatic rings. The van der Waals surface area contributed by atoms with E-state index in [2.05, 4.69) is 42.7 Å². The van der Waals surface area contributed by atoms with Crippen LogP contribution in [-0.2, 0) is 12.8 Å². The second-order valence-corrected chi connectivity index (χ2v) is 5.16. The molecule has 0 amide bonds. The number of fused-ring (bicyclic) bond motifs is 1. The summed E-state index contributed by atoms with van der Waals surface area (Å²) >= 11 is 0. The zero-order valence-corrected chi connectivity index (χ0v) is 10.6. The number of allylic oxidation sites excluding steroid dienone is 1. The van der Waals surface area contributed by atoms with Crippen LogP contribution in [0.5, 0.6) is 0 Å². The molecule has 0 unspecified atom stereocenters. The third-order valence-corrected chi connectivity index (χ3v) is 3.92. The van der Waals surface area contributed by atoms with Crippen molar-refractivity contribution >= 4 is 5.69 Å². The molecular weight excluding hydrogens is 208 g/mol. The number of hydrogen-bond acceptors (Lipinski definition) is 2. The zero-order valence-electron chi connectivity index (χ0n) is 10.6. The lowest BCUT2D eigenvalue weighted by Crippen LogP contribution is -2.31. The largest absolute Gasteiger partial charge is 0.384 e.